The van der Waals surface area contributed by atoms with Gasteiger partial charge >= 0.3 is 0 Å². The van der Waals surface area contributed by atoms with Crippen molar-refractivity contribution in [1.29, 1.82) is 0 Å². The second kappa shape index (κ2) is 4.24. The van der Waals surface area contributed by atoms with Crippen LogP contribution in [0.2, 0.25) is 0 Å². The molecule has 1 aliphatic rings. The van der Waals surface area contributed by atoms with E-state index in [1.807, 2.05) is 0 Å². The summed E-state index contributed by atoms with van der Waals surface area (Å²) in [4.78, 5) is 14.3. The molecule has 15 heavy (non-hydrogen) atoms. The van der Waals surface area contributed by atoms with Crippen molar-refractivity contribution >= 4 is 17.4 Å². The van der Waals surface area contributed by atoms with Gasteiger partial charge in [-0.2, -0.15) is 0 Å². The van der Waals surface area contributed by atoms with Crippen molar-refractivity contribution in [2.45, 2.75) is 25.9 Å². The number of aliphatic hydroxyl groups excluding tert-OH is 1. The Morgan fingerprint density at radius 2 is 2.20 bits per heavy atom. The minimum Gasteiger partial charge on any atom is -0.393 e. The molecule has 1 aliphatic heterocycles. The summed E-state index contributed by atoms with van der Waals surface area (Å²) in [7, 11) is 0. The molecule has 5 nitrogen and oxygen atoms in total. The minimum atomic E-state index is -0.255. The van der Waals surface area contributed by atoms with Crippen molar-refractivity contribution in [1.82, 2.24) is 14.5 Å². The van der Waals surface area contributed by atoms with Gasteiger partial charge in [0.15, 0.2) is 0 Å². The van der Waals surface area contributed by atoms with E-state index in [9.17, 15) is 9.90 Å². The van der Waals surface area contributed by atoms with E-state index in [0.29, 0.717) is 36.5 Å². The van der Waals surface area contributed by atoms with Crippen LogP contribution in [0, 0.1) is 6.92 Å². The van der Waals surface area contributed by atoms with Crippen LogP contribution in [0.4, 0.5) is 0 Å². The first-order valence-corrected chi connectivity index (χ1v) is 5.72. The zero-order valence-electron chi connectivity index (χ0n) is 8.51. The number of rotatable bonds is 1. The van der Waals surface area contributed by atoms with Gasteiger partial charge in [-0.25, -0.2) is 0 Å². The number of aromatic nitrogens is 2. The van der Waals surface area contributed by atoms with Crippen molar-refractivity contribution in [3.8, 4) is 0 Å². The van der Waals surface area contributed by atoms with Gasteiger partial charge in [-0.1, -0.05) is 4.49 Å². The highest BCUT2D eigenvalue weighted by molar-refractivity contribution is 7.07. The topological polar surface area (TPSA) is 66.3 Å². The normalized spacial score (nSPS) is 18.1. The molecule has 2 rings (SSSR count). The van der Waals surface area contributed by atoms with Gasteiger partial charge in [-0.15, -0.1) is 5.10 Å². The van der Waals surface area contributed by atoms with E-state index < -0.39 is 0 Å². The third-order valence-corrected chi connectivity index (χ3v) is 3.41. The van der Waals surface area contributed by atoms with Gasteiger partial charge < -0.3 is 10.0 Å². The Morgan fingerprint density at radius 1 is 1.53 bits per heavy atom. The molecule has 2 heterocycles. The molecular formula is C9H13N3O2S. The number of amides is 1. The van der Waals surface area contributed by atoms with E-state index in [2.05, 4.69) is 9.59 Å². The molecular weight excluding hydrogens is 214 g/mol. The fourth-order valence-corrected chi connectivity index (χ4v) is 2.27. The van der Waals surface area contributed by atoms with Crippen LogP contribution >= 0.6 is 11.5 Å². The highest BCUT2D eigenvalue weighted by atomic mass is 32.1. The van der Waals surface area contributed by atoms with Crippen LogP contribution in [0.5, 0.6) is 0 Å². The lowest BCUT2D eigenvalue weighted by Crippen LogP contribution is -2.39. The highest BCUT2D eigenvalue weighted by Gasteiger charge is 2.24. The highest BCUT2D eigenvalue weighted by Crippen LogP contribution is 2.17. The van der Waals surface area contributed by atoms with Crippen molar-refractivity contribution in [3.05, 3.63) is 10.6 Å². The van der Waals surface area contributed by atoms with Crippen molar-refractivity contribution < 1.29 is 9.90 Å². The first-order chi connectivity index (χ1) is 7.18. The number of carbonyl (C=O) groups is 1. The largest absolute Gasteiger partial charge is 0.393 e. The molecule has 0 radical (unpaired) electrons. The standard InChI is InChI=1S/C9H13N3O2S/c1-6-8(15-11-10-6)9(14)12-4-2-7(13)3-5-12/h7,13H,2-5H2,1H3. The number of hydrogen-bond donors (Lipinski definition) is 1. The van der Waals surface area contributed by atoms with Gasteiger partial charge in [0.2, 0.25) is 0 Å². The van der Waals surface area contributed by atoms with E-state index in [-0.39, 0.29) is 12.0 Å². The maximum atomic E-state index is 12.0. The van der Waals surface area contributed by atoms with Crippen LogP contribution in [0.1, 0.15) is 28.2 Å². The van der Waals surface area contributed by atoms with E-state index in [1.165, 1.54) is 0 Å². The zero-order chi connectivity index (χ0) is 10.8. The SMILES string of the molecule is Cc1nnsc1C(=O)N1CCC(O)CC1. The first kappa shape index (κ1) is 10.5. The minimum absolute atomic E-state index is 0.00519. The predicted molar refractivity (Wildman–Crippen MR) is 55.8 cm³/mol. The predicted octanol–water partition coefficient (Wildman–Crippen LogP) is 0.443. The van der Waals surface area contributed by atoms with Gasteiger partial charge in [0.05, 0.1) is 11.8 Å². The molecule has 0 saturated carbocycles. The third kappa shape index (κ3) is 2.15. The van der Waals surface area contributed by atoms with Crippen molar-refractivity contribution in [2.75, 3.05) is 13.1 Å². The molecule has 1 N–H and O–H groups in total. The molecule has 1 aromatic heterocycles. The molecule has 1 amide bonds. The van der Waals surface area contributed by atoms with Gasteiger partial charge in [0.1, 0.15) is 4.88 Å². The van der Waals surface area contributed by atoms with Crippen LogP contribution in [-0.2, 0) is 0 Å². The Hall–Kier alpha value is -1.01. The fraction of sp³-hybridized carbons (Fsp3) is 0.667. The zero-order valence-corrected chi connectivity index (χ0v) is 9.33. The lowest BCUT2D eigenvalue weighted by Gasteiger charge is -2.29. The third-order valence-electron chi connectivity index (χ3n) is 2.60. The number of nitrogens with zero attached hydrogens (tertiary/aromatic N) is 3. The first-order valence-electron chi connectivity index (χ1n) is 4.95. The molecule has 0 aliphatic carbocycles. The van der Waals surface area contributed by atoms with Crippen molar-refractivity contribution in [2.24, 2.45) is 0 Å². The molecule has 1 fully saturated rings. The van der Waals surface area contributed by atoms with Gasteiger partial charge in [-0.05, 0) is 31.3 Å². The summed E-state index contributed by atoms with van der Waals surface area (Å²) in [5.41, 5.74) is 0.691. The Balaban J connectivity index is 2.06. The Morgan fingerprint density at radius 3 is 2.73 bits per heavy atom. The number of piperidine rings is 1. The summed E-state index contributed by atoms with van der Waals surface area (Å²) in [6.45, 7) is 3.03. The molecule has 6 heteroatoms. The average molecular weight is 227 g/mol. The van der Waals surface area contributed by atoms with Crippen LogP contribution in [0.25, 0.3) is 0 Å². The van der Waals surface area contributed by atoms with Gasteiger partial charge in [-0.3, -0.25) is 4.79 Å². The smallest absolute Gasteiger partial charge is 0.267 e. The fourth-order valence-electron chi connectivity index (χ4n) is 1.64. The maximum absolute atomic E-state index is 12.0. The monoisotopic (exact) mass is 227 g/mol. The summed E-state index contributed by atoms with van der Waals surface area (Å²) in [6.07, 6.45) is 1.07. The van der Waals surface area contributed by atoms with Crippen LogP contribution in [0.3, 0.4) is 0 Å². The quantitative estimate of drug-likeness (QED) is 0.756. The molecule has 0 unspecified atom stereocenters. The Bertz CT molecular complexity index is 358. The lowest BCUT2D eigenvalue weighted by atomic mass is 10.1. The summed E-state index contributed by atoms with van der Waals surface area (Å²) < 4.78 is 3.75. The van der Waals surface area contributed by atoms with Gasteiger partial charge in [0.25, 0.3) is 5.91 Å². The van der Waals surface area contributed by atoms with E-state index in [0.717, 1.165) is 11.5 Å². The summed E-state index contributed by atoms with van der Waals surface area (Å²) in [5.74, 6) is -0.00519. The number of hydrogen-bond acceptors (Lipinski definition) is 5. The number of likely N-dealkylation sites (tertiary alicyclic amines) is 1. The second-order valence-electron chi connectivity index (χ2n) is 3.71. The number of aliphatic hydroxyl groups is 1. The van der Waals surface area contributed by atoms with Crippen molar-refractivity contribution in [3.63, 3.8) is 0 Å². The summed E-state index contributed by atoms with van der Waals surface area (Å²) in [5, 5.41) is 13.2. The van der Waals surface area contributed by atoms with E-state index in [4.69, 9.17) is 0 Å². The van der Waals surface area contributed by atoms with E-state index >= 15 is 0 Å². The van der Waals surface area contributed by atoms with Crippen LogP contribution in [-0.4, -0.2) is 44.7 Å². The summed E-state index contributed by atoms with van der Waals surface area (Å²) >= 11 is 1.14. The molecule has 1 aromatic rings. The molecule has 82 valence electrons. The molecule has 0 aromatic carbocycles. The van der Waals surface area contributed by atoms with Gasteiger partial charge in [0, 0.05) is 13.1 Å². The van der Waals surface area contributed by atoms with Crippen LogP contribution in [0.15, 0.2) is 0 Å². The average Bonchev–Trinajstić information content (AvgIpc) is 2.65. The van der Waals surface area contributed by atoms with Crippen LogP contribution < -0.4 is 0 Å². The maximum Gasteiger partial charge on any atom is 0.267 e. The number of carbonyl (C=O) groups excluding carboxylic acids is 1. The molecule has 0 bridgehead atoms. The molecule has 0 spiro atoms. The summed E-state index contributed by atoms with van der Waals surface area (Å²) in [6, 6.07) is 0. The lowest BCUT2D eigenvalue weighted by molar-refractivity contribution is 0.0550. The molecule has 0 atom stereocenters. The molecule has 1 saturated heterocycles. The Kier molecular flexibility index (Phi) is 2.97. The second-order valence-corrected chi connectivity index (χ2v) is 4.46. The Labute approximate surface area is 91.9 Å². The number of aryl methyl sites for hydroxylation is 1. The van der Waals surface area contributed by atoms with E-state index in [1.54, 1.807) is 11.8 Å².